The van der Waals surface area contributed by atoms with Gasteiger partial charge in [-0.25, -0.2) is 8.78 Å². The molecule has 130 valence electrons. The van der Waals surface area contributed by atoms with Crippen molar-refractivity contribution in [2.75, 3.05) is 0 Å². The molecule has 0 radical (unpaired) electrons. The summed E-state index contributed by atoms with van der Waals surface area (Å²) in [4.78, 5) is 12.4. The largest absolute Gasteiger partial charge is 0.349 e. The molecule has 3 unspecified atom stereocenters. The van der Waals surface area contributed by atoms with E-state index in [0.29, 0.717) is 18.4 Å². The third-order valence-electron chi connectivity index (χ3n) is 4.32. The highest BCUT2D eigenvalue weighted by atomic mass is 35.5. The number of rotatable bonds is 5. The van der Waals surface area contributed by atoms with Gasteiger partial charge >= 0.3 is 0 Å². The molecule has 1 saturated carbocycles. The molecule has 3 N–H and O–H groups in total. The Labute approximate surface area is 142 Å². The first-order chi connectivity index (χ1) is 10.5. The fourth-order valence-electron chi connectivity index (χ4n) is 3.13. The Balaban J connectivity index is 0.00000264. The molecule has 1 fully saturated rings. The zero-order valence-corrected chi connectivity index (χ0v) is 14.2. The summed E-state index contributed by atoms with van der Waals surface area (Å²) < 4.78 is 27.0. The number of amides is 1. The number of benzene rings is 1. The molecular formula is C17H25ClF2N2O. The van der Waals surface area contributed by atoms with Crippen molar-refractivity contribution in [3.8, 4) is 0 Å². The van der Waals surface area contributed by atoms with E-state index < -0.39 is 17.7 Å². The van der Waals surface area contributed by atoms with Gasteiger partial charge in [0.15, 0.2) is 0 Å². The van der Waals surface area contributed by atoms with Gasteiger partial charge < -0.3 is 11.1 Å². The molecule has 1 amide bonds. The Morgan fingerprint density at radius 2 is 2.13 bits per heavy atom. The number of carbonyl (C=O) groups is 1. The lowest BCUT2D eigenvalue weighted by molar-refractivity contribution is -0.127. The molecule has 2 rings (SSSR count). The van der Waals surface area contributed by atoms with E-state index in [1.807, 2.05) is 6.92 Å². The number of nitrogens with one attached hydrogen (secondary N) is 1. The van der Waals surface area contributed by atoms with Crippen molar-refractivity contribution in [1.82, 2.24) is 5.32 Å². The Hall–Kier alpha value is -1.20. The first-order valence-corrected chi connectivity index (χ1v) is 8.02. The lowest BCUT2D eigenvalue weighted by Gasteiger charge is -2.28. The molecule has 3 atom stereocenters. The lowest BCUT2D eigenvalue weighted by Crippen LogP contribution is -2.39. The highest BCUT2D eigenvalue weighted by Gasteiger charge is 2.27. The zero-order valence-electron chi connectivity index (χ0n) is 13.4. The van der Waals surface area contributed by atoms with Crippen LogP contribution in [0.1, 0.15) is 57.1 Å². The topological polar surface area (TPSA) is 55.1 Å². The number of carbonyl (C=O) groups excluding carboxylic acids is 1. The van der Waals surface area contributed by atoms with E-state index in [1.165, 1.54) is 12.1 Å². The normalized spacial score (nSPS) is 22.1. The molecular weight excluding hydrogens is 322 g/mol. The molecule has 0 saturated heterocycles. The van der Waals surface area contributed by atoms with Crippen molar-refractivity contribution in [2.45, 2.75) is 57.5 Å². The predicted molar refractivity (Wildman–Crippen MR) is 89.3 cm³/mol. The van der Waals surface area contributed by atoms with Crippen molar-refractivity contribution in [3.05, 3.63) is 35.4 Å². The number of nitrogens with two attached hydrogens (primary N) is 1. The summed E-state index contributed by atoms with van der Waals surface area (Å²) in [5.74, 6) is -1.40. The third kappa shape index (κ3) is 5.43. The lowest BCUT2D eigenvalue weighted by atomic mass is 9.85. The Bertz CT molecular complexity index is 527. The molecule has 1 aromatic carbocycles. The molecule has 1 aliphatic carbocycles. The number of hydrogen-bond acceptors (Lipinski definition) is 2. The predicted octanol–water partition coefficient (Wildman–Crippen LogP) is 3.86. The number of hydrogen-bond donors (Lipinski definition) is 2. The van der Waals surface area contributed by atoms with Crippen LogP contribution in [0.2, 0.25) is 0 Å². The molecule has 1 aliphatic rings. The summed E-state index contributed by atoms with van der Waals surface area (Å²) >= 11 is 0. The SMILES string of the molecule is CCCC(NC(=O)C1CCCC(N)C1)c1ccc(F)cc1F.Cl. The van der Waals surface area contributed by atoms with Gasteiger partial charge in [-0.1, -0.05) is 25.8 Å². The van der Waals surface area contributed by atoms with Gasteiger partial charge in [0, 0.05) is 23.6 Å². The average Bonchev–Trinajstić information content (AvgIpc) is 2.47. The molecule has 23 heavy (non-hydrogen) atoms. The van der Waals surface area contributed by atoms with Gasteiger partial charge in [-0.15, -0.1) is 12.4 Å². The summed E-state index contributed by atoms with van der Waals surface area (Å²) in [7, 11) is 0. The van der Waals surface area contributed by atoms with E-state index in [4.69, 9.17) is 5.73 Å². The van der Waals surface area contributed by atoms with Crippen molar-refractivity contribution in [3.63, 3.8) is 0 Å². The van der Waals surface area contributed by atoms with Crippen molar-refractivity contribution in [2.24, 2.45) is 11.7 Å². The van der Waals surface area contributed by atoms with Gasteiger partial charge in [0.1, 0.15) is 11.6 Å². The van der Waals surface area contributed by atoms with Gasteiger partial charge in [0.25, 0.3) is 0 Å². The fraction of sp³-hybridized carbons (Fsp3) is 0.588. The van der Waals surface area contributed by atoms with Gasteiger partial charge in [-0.2, -0.15) is 0 Å². The van der Waals surface area contributed by atoms with Crippen molar-refractivity contribution < 1.29 is 13.6 Å². The molecule has 0 aromatic heterocycles. The summed E-state index contributed by atoms with van der Waals surface area (Å²) in [6, 6.07) is 3.15. The first kappa shape index (κ1) is 19.8. The van der Waals surface area contributed by atoms with Gasteiger partial charge in [0.2, 0.25) is 5.91 Å². The van der Waals surface area contributed by atoms with Crippen LogP contribution in [-0.2, 0) is 4.79 Å². The molecule has 0 spiro atoms. The molecule has 0 aliphatic heterocycles. The van der Waals surface area contributed by atoms with Crippen LogP contribution in [0.4, 0.5) is 8.78 Å². The van der Waals surface area contributed by atoms with E-state index in [9.17, 15) is 13.6 Å². The summed E-state index contributed by atoms with van der Waals surface area (Å²) in [6.45, 7) is 1.97. The first-order valence-electron chi connectivity index (χ1n) is 8.02. The maximum Gasteiger partial charge on any atom is 0.223 e. The van der Waals surface area contributed by atoms with E-state index in [-0.39, 0.29) is 30.3 Å². The zero-order chi connectivity index (χ0) is 16.1. The minimum Gasteiger partial charge on any atom is -0.349 e. The third-order valence-corrected chi connectivity index (χ3v) is 4.32. The van der Waals surface area contributed by atoms with Gasteiger partial charge in [-0.05, 0) is 31.7 Å². The van der Waals surface area contributed by atoms with Crippen molar-refractivity contribution >= 4 is 18.3 Å². The Morgan fingerprint density at radius 1 is 1.39 bits per heavy atom. The second-order valence-corrected chi connectivity index (χ2v) is 6.14. The van der Waals surface area contributed by atoms with Gasteiger partial charge in [0.05, 0.1) is 6.04 Å². The van der Waals surface area contributed by atoms with Crippen molar-refractivity contribution in [1.29, 1.82) is 0 Å². The highest BCUT2D eigenvalue weighted by molar-refractivity contribution is 5.85. The van der Waals surface area contributed by atoms with E-state index in [1.54, 1.807) is 0 Å². The van der Waals surface area contributed by atoms with E-state index in [2.05, 4.69) is 5.32 Å². The minimum atomic E-state index is -0.612. The Kier molecular flexibility index (Phi) is 7.92. The monoisotopic (exact) mass is 346 g/mol. The smallest absolute Gasteiger partial charge is 0.223 e. The molecule has 3 nitrogen and oxygen atoms in total. The van der Waals surface area contributed by atoms with Crippen LogP contribution in [0, 0.1) is 17.6 Å². The second kappa shape index (κ2) is 9.18. The van der Waals surface area contributed by atoms with Crippen LogP contribution in [0.5, 0.6) is 0 Å². The quantitative estimate of drug-likeness (QED) is 0.850. The summed E-state index contributed by atoms with van der Waals surface area (Å²) in [5, 5.41) is 2.93. The van der Waals surface area contributed by atoms with E-state index >= 15 is 0 Å². The maximum absolute atomic E-state index is 14.0. The fourth-order valence-corrected chi connectivity index (χ4v) is 3.13. The molecule has 1 aromatic rings. The maximum atomic E-state index is 14.0. The molecule has 0 bridgehead atoms. The molecule has 6 heteroatoms. The van der Waals surface area contributed by atoms with Crippen LogP contribution in [0.15, 0.2) is 18.2 Å². The van der Waals surface area contributed by atoms with E-state index in [0.717, 1.165) is 31.7 Å². The second-order valence-electron chi connectivity index (χ2n) is 6.14. The molecule has 0 heterocycles. The summed E-state index contributed by atoms with van der Waals surface area (Å²) in [5.41, 5.74) is 6.27. The van der Waals surface area contributed by atoms with Crippen LogP contribution >= 0.6 is 12.4 Å². The van der Waals surface area contributed by atoms with Crippen LogP contribution < -0.4 is 11.1 Å². The van der Waals surface area contributed by atoms with Gasteiger partial charge in [-0.3, -0.25) is 4.79 Å². The Morgan fingerprint density at radius 3 is 2.74 bits per heavy atom. The summed E-state index contributed by atoms with van der Waals surface area (Å²) in [6.07, 6.45) is 4.82. The highest BCUT2D eigenvalue weighted by Crippen LogP contribution is 2.26. The standard InChI is InChI=1S/C17H24F2N2O.ClH/c1-2-4-16(14-8-7-12(18)10-15(14)19)21-17(22)11-5-3-6-13(20)9-11;/h7-8,10-11,13,16H,2-6,9,20H2,1H3,(H,21,22);1H. The number of halogens is 3. The average molecular weight is 347 g/mol. The van der Waals surface area contributed by atoms with Crippen LogP contribution in [0.3, 0.4) is 0 Å². The minimum absolute atomic E-state index is 0. The van der Waals surface area contributed by atoms with Crippen LogP contribution in [-0.4, -0.2) is 11.9 Å². The van der Waals surface area contributed by atoms with Crippen LogP contribution in [0.25, 0.3) is 0 Å².